The topological polar surface area (TPSA) is 52.7 Å². The van der Waals surface area contributed by atoms with Crippen molar-refractivity contribution in [1.29, 1.82) is 0 Å². The van der Waals surface area contributed by atoms with Crippen LogP contribution in [-0.2, 0) is 4.79 Å². The first-order valence-electron chi connectivity index (χ1n) is 12.3. The smallest absolute Gasteiger partial charge is 0.264 e. The second-order valence-corrected chi connectivity index (χ2v) is 10.6. The second kappa shape index (κ2) is 10.8. The van der Waals surface area contributed by atoms with Gasteiger partial charge in [-0.15, -0.1) is 0 Å². The molecule has 0 bridgehead atoms. The van der Waals surface area contributed by atoms with Crippen LogP contribution in [0.4, 0.5) is 5.69 Å². The summed E-state index contributed by atoms with van der Waals surface area (Å²) >= 11 is 1.46. The molecule has 1 saturated heterocycles. The number of carbonyl (C=O) groups is 2. The van der Waals surface area contributed by atoms with Gasteiger partial charge in [0.25, 0.3) is 11.8 Å². The maximum atomic E-state index is 13.0. The molecule has 2 amide bonds. The summed E-state index contributed by atoms with van der Waals surface area (Å²) in [5.74, 6) is -0.143. The van der Waals surface area contributed by atoms with Crippen LogP contribution >= 0.6 is 11.8 Å². The summed E-state index contributed by atoms with van der Waals surface area (Å²) in [7, 11) is 1.77. The van der Waals surface area contributed by atoms with Gasteiger partial charge in [0.1, 0.15) is 0 Å². The van der Waals surface area contributed by atoms with Crippen molar-refractivity contribution < 1.29 is 9.59 Å². The van der Waals surface area contributed by atoms with E-state index in [-0.39, 0.29) is 11.8 Å². The third-order valence-corrected chi connectivity index (χ3v) is 7.99. The Morgan fingerprint density at radius 3 is 2.65 bits per heavy atom. The van der Waals surface area contributed by atoms with Crippen LogP contribution in [0, 0.1) is 6.92 Å². The van der Waals surface area contributed by atoms with Gasteiger partial charge in [-0.3, -0.25) is 14.5 Å². The Balaban J connectivity index is 1.38. The number of nitrogens with one attached hydrogen (secondary N) is 1. The van der Waals surface area contributed by atoms with Crippen molar-refractivity contribution >= 4 is 35.3 Å². The number of carbonyl (C=O) groups excluding carboxylic acids is 2. The molecule has 4 rings (SSSR count). The summed E-state index contributed by atoms with van der Waals surface area (Å²) in [5, 5.41) is 3.06. The number of piperidine rings is 1. The number of thioether (sulfide) groups is 1. The highest BCUT2D eigenvalue weighted by Crippen LogP contribution is 2.42. The summed E-state index contributed by atoms with van der Waals surface area (Å²) in [6, 6.07) is 15.0. The van der Waals surface area contributed by atoms with Crippen LogP contribution in [-0.4, -0.2) is 48.9 Å². The van der Waals surface area contributed by atoms with E-state index in [4.69, 9.17) is 0 Å². The highest BCUT2D eigenvalue weighted by atomic mass is 32.2. The minimum atomic E-state index is -0.0884. The molecule has 0 spiro atoms. The van der Waals surface area contributed by atoms with Gasteiger partial charge in [0, 0.05) is 42.7 Å². The number of hydrogen-bond acceptors (Lipinski definition) is 4. The summed E-state index contributed by atoms with van der Waals surface area (Å²) in [4.78, 5) is 31.7. The summed E-state index contributed by atoms with van der Waals surface area (Å²) in [6.45, 7) is 8.31. The number of rotatable bonds is 6. The van der Waals surface area contributed by atoms with Gasteiger partial charge >= 0.3 is 0 Å². The zero-order valence-corrected chi connectivity index (χ0v) is 21.5. The molecular weight excluding hydrogens is 442 g/mol. The van der Waals surface area contributed by atoms with Gasteiger partial charge in [-0.1, -0.05) is 48.0 Å². The molecule has 2 aliphatic rings. The Morgan fingerprint density at radius 2 is 1.91 bits per heavy atom. The molecule has 5 nitrogen and oxygen atoms in total. The van der Waals surface area contributed by atoms with Crippen molar-refractivity contribution in [2.75, 3.05) is 25.0 Å². The first-order valence-corrected chi connectivity index (χ1v) is 13.1. The predicted octanol–water partition coefficient (Wildman–Crippen LogP) is 5.49. The Morgan fingerprint density at radius 1 is 1.15 bits per heavy atom. The molecule has 0 saturated carbocycles. The van der Waals surface area contributed by atoms with E-state index in [0.29, 0.717) is 29.1 Å². The Hall–Kier alpha value is -2.57. The zero-order chi connectivity index (χ0) is 24.2. The largest absolute Gasteiger partial charge is 0.352 e. The average Bonchev–Trinajstić information content (AvgIpc) is 2.81. The fourth-order valence-corrected chi connectivity index (χ4v) is 6.02. The van der Waals surface area contributed by atoms with Crippen molar-refractivity contribution in [1.82, 2.24) is 10.2 Å². The van der Waals surface area contributed by atoms with Gasteiger partial charge in [0.15, 0.2) is 0 Å². The van der Waals surface area contributed by atoms with Crippen molar-refractivity contribution in [2.24, 2.45) is 0 Å². The molecule has 2 heterocycles. The number of fused-ring (bicyclic) bond motifs is 1. The fraction of sp³-hybridized carbons (Fsp3) is 0.429. The Kier molecular flexibility index (Phi) is 7.79. The summed E-state index contributed by atoms with van der Waals surface area (Å²) in [6.07, 6.45) is 6.71. The molecule has 0 aromatic heterocycles. The number of hydrogen-bond donors (Lipinski definition) is 1. The highest BCUT2D eigenvalue weighted by Gasteiger charge is 2.27. The van der Waals surface area contributed by atoms with Gasteiger partial charge in [-0.25, -0.2) is 0 Å². The van der Waals surface area contributed by atoms with Gasteiger partial charge in [-0.2, -0.15) is 0 Å². The van der Waals surface area contributed by atoms with E-state index in [1.807, 2.05) is 49.4 Å². The lowest BCUT2D eigenvalue weighted by molar-refractivity contribution is -0.114. The summed E-state index contributed by atoms with van der Waals surface area (Å²) < 4.78 is 0. The zero-order valence-electron chi connectivity index (χ0n) is 20.6. The van der Waals surface area contributed by atoms with Gasteiger partial charge in [0.2, 0.25) is 0 Å². The van der Waals surface area contributed by atoms with Crippen LogP contribution in [0.5, 0.6) is 0 Å². The van der Waals surface area contributed by atoms with Crippen LogP contribution < -0.4 is 10.2 Å². The van der Waals surface area contributed by atoms with Crippen molar-refractivity contribution in [3.8, 4) is 0 Å². The van der Waals surface area contributed by atoms with E-state index < -0.39 is 0 Å². The third kappa shape index (κ3) is 5.56. The van der Waals surface area contributed by atoms with Crippen molar-refractivity contribution in [2.45, 2.75) is 63.4 Å². The lowest BCUT2D eigenvalue weighted by Crippen LogP contribution is -2.44. The predicted molar refractivity (Wildman–Crippen MR) is 141 cm³/mol. The molecular formula is C28H35N3O2S. The number of anilines is 1. The quantitative estimate of drug-likeness (QED) is 0.442. The molecule has 0 radical (unpaired) electrons. The molecule has 1 fully saturated rings. The van der Waals surface area contributed by atoms with E-state index in [1.54, 1.807) is 11.9 Å². The first kappa shape index (κ1) is 24.6. The van der Waals surface area contributed by atoms with Gasteiger partial charge < -0.3 is 10.2 Å². The number of amides is 2. The van der Waals surface area contributed by atoms with Crippen LogP contribution in [0.15, 0.2) is 52.3 Å². The number of likely N-dealkylation sites (tertiary alicyclic amines) is 1. The minimum absolute atomic E-state index is 0.0543. The molecule has 1 N–H and O–H groups in total. The van der Waals surface area contributed by atoms with E-state index >= 15 is 0 Å². The van der Waals surface area contributed by atoms with Gasteiger partial charge in [0.05, 0.1) is 10.6 Å². The SMILES string of the molecule is Cc1cccc(/C=C2/Sc3ccc(C(=O)NCCCN4[C@H](C)CCC[C@H]4C)cc3N(C)C2=O)c1. The number of benzene rings is 2. The maximum Gasteiger partial charge on any atom is 0.264 e. The minimum Gasteiger partial charge on any atom is -0.352 e. The van der Waals surface area contributed by atoms with Gasteiger partial charge in [-0.05, 0) is 69.9 Å². The summed E-state index contributed by atoms with van der Waals surface area (Å²) in [5.41, 5.74) is 3.54. The lowest BCUT2D eigenvalue weighted by Gasteiger charge is -2.39. The monoisotopic (exact) mass is 477 g/mol. The number of nitrogens with zero attached hydrogens (tertiary/aromatic N) is 2. The van der Waals surface area contributed by atoms with Crippen LogP contribution in [0.1, 0.15) is 61.0 Å². The number of likely N-dealkylation sites (N-methyl/N-ethyl adjacent to an activating group) is 1. The standard InChI is InChI=1S/C28H35N3O2S/c1-19-8-5-11-22(16-19)17-26-28(33)30(4)24-18-23(12-13-25(24)34-26)27(32)29-14-7-15-31-20(2)9-6-10-21(31)3/h5,8,11-13,16-18,20-21H,6-7,9-10,14-15H2,1-4H3,(H,29,32)/b26-17+/t20-,21-/m1/s1. The van der Waals surface area contributed by atoms with Crippen LogP contribution in [0.25, 0.3) is 6.08 Å². The highest BCUT2D eigenvalue weighted by molar-refractivity contribution is 8.04. The van der Waals surface area contributed by atoms with Crippen molar-refractivity contribution in [3.05, 3.63) is 64.1 Å². The van der Waals surface area contributed by atoms with E-state index in [0.717, 1.165) is 34.7 Å². The normalized spacial score (nSPS) is 22.1. The fourth-order valence-electron chi connectivity index (χ4n) is 4.93. The molecule has 2 aromatic carbocycles. The molecule has 2 aromatic rings. The molecule has 0 unspecified atom stereocenters. The van der Waals surface area contributed by atoms with E-state index in [1.165, 1.54) is 31.0 Å². The maximum absolute atomic E-state index is 13.0. The van der Waals surface area contributed by atoms with Crippen LogP contribution in [0.2, 0.25) is 0 Å². The molecule has 2 aliphatic heterocycles. The average molecular weight is 478 g/mol. The second-order valence-electron chi connectivity index (χ2n) is 9.55. The number of aryl methyl sites for hydroxylation is 1. The Labute approximate surface area is 207 Å². The first-order chi connectivity index (χ1) is 16.3. The molecule has 34 heavy (non-hydrogen) atoms. The van der Waals surface area contributed by atoms with Crippen LogP contribution in [0.3, 0.4) is 0 Å². The van der Waals surface area contributed by atoms with Crippen molar-refractivity contribution in [3.63, 3.8) is 0 Å². The molecule has 6 heteroatoms. The third-order valence-electron chi connectivity index (χ3n) is 6.91. The lowest BCUT2D eigenvalue weighted by atomic mass is 9.97. The van der Waals surface area contributed by atoms with E-state index in [9.17, 15) is 9.59 Å². The molecule has 2 atom stereocenters. The molecule has 0 aliphatic carbocycles. The van der Waals surface area contributed by atoms with E-state index in [2.05, 4.69) is 30.1 Å². The molecule has 180 valence electrons. The Bertz CT molecular complexity index is 1090.